The Balaban J connectivity index is 2.48. The largest absolute Gasteiger partial charge is 0.349 e. The van der Waals surface area contributed by atoms with Crippen molar-refractivity contribution in [2.24, 2.45) is 0 Å². The fourth-order valence-corrected chi connectivity index (χ4v) is 2.65. The zero-order valence-corrected chi connectivity index (χ0v) is 13.4. The molecule has 2 aromatic carbocycles. The first-order valence-corrected chi connectivity index (χ1v) is 7.10. The maximum Gasteiger partial charge on any atom is 0.311 e. The highest BCUT2D eigenvalue weighted by molar-refractivity contribution is 9.10. The minimum absolute atomic E-state index is 0.0781. The summed E-state index contributed by atoms with van der Waals surface area (Å²) in [6, 6.07) is 8.24. The number of halogens is 3. The number of nitro benzene ring substituents is 1. The molecule has 0 fully saturated rings. The topological polar surface area (TPSA) is 55.2 Å². The van der Waals surface area contributed by atoms with Gasteiger partial charge in [-0.3, -0.25) is 10.1 Å². The molecule has 0 saturated carbocycles. The third-order valence-corrected chi connectivity index (χ3v) is 4.06. The molecule has 0 unspecified atom stereocenters. The molecule has 0 atom stereocenters. The van der Waals surface area contributed by atoms with E-state index in [1.54, 1.807) is 18.2 Å². The predicted molar refractivity (Wildman–Crippen MR) is 85.3 cm³/mol. The zero-order chi connectivity index (χ0) is 14.9. The summed E-state index contributed by atoms with van der Waals surface area (Å²) in [5, 5.41) is 14.7. The van der Waals surface area contributed by atoms with Gasteiger partial charge < -0.3 is 5.32 Å². The van der Waals surface area contributed by atoms with Crippen LogP contribution in [0.15, 0.2) is 34.8 Å². The molecule has 0 radical (unpaired) electrons. The molecule has 0 aliphatic rings. The van der Waals surface area contributed by atoms with Gasteiger partial charge in [0.05, 0.1) is 10.6 Å². The standard InChI is InChI=1S/C13H9BrCl2N2O2/c1-7-5-8(14)12(6-10(7)16)17-11-4-2-3-9(15)13(11)18(19)20/h2-6,17H,1H3. The van der Waals surface area contributed by atoms with Crippen molar-refractivity contribution in [1.82, 2.24) is 0 Å². The van der Waals surface area contributed by atoms with E-state index in [0.29, 0.717) is 16.4 Å². The minimum atomic E-state index is -0.519. The van der Waals surface area contributed by atoms with E-state index in [4.69, 9.17) is 23.2 Å². The van der Waals surface area contributed by atoms with Crippen LogP contribution < -0.4 is 5.32 Å². The highest BCUT2D eigenvalue weighted by Crippen LogP contribution is 2.37. The molecular formula is C13H9BrCl2N2O2. The summed E-state index contributed by atoms with van der Waals surface area (Å²) >= 11 is 15.3. The summed E-state index contributed by atoms with van der Waals surface area (Å²) in [5.74, 6) is 0. The van der Waals surface area contributed by atoms with Gasteiger partial charge in [0, 0.05) is 9.50 Å². The van der Waals surface area contributed by atoms with E-state index >= 15 is 0 Å². The molecule has 0 aliphatic heterocycles. The number of anilines is 2. The molecule has 0 aromatic heterocycles. The Kier molecular flexibility index (Phi) is 4.52. The van der Waals surface area contributed by atoms with Gasteiger partial charge in [-0.15, -0.1) is 0 Å². The molecule has 0 amide bonds. The van der Waals surface area contributed by atoms with Crippen LogP contribution in [0.3, 0.4) is 0 Å². The van der Waals surface area contributed by atoms with Gasteiger partial charge in [0.25, 0.3) is 0 Å². The summed E-state index contributed by atoms with van der Waals surface area (Å²) in [4.78, 5) is 10.6. The van der Waals surface area contributed by atoms with Crippen LogP contribution in [0.2, 0.25) is 10.0 Å². The SMILES string of the molecule is Cc1cc(Br)c(Nc2cccc(Cl)c2[N+](=O)[O-])cc1Cl. The van der Waals surface area contributed by atoms with Crippen molar-refractivity contribution < 1.29 is 4.92 Å². The number of benzene rings is 2. The molecule has 104 valence electrons. The first-order valence-electron chi connectivity index (χ1n) is 5.55. The van der Waals surface area contributed by atoms with Crippen molar-refractivity contribution >= 4 is 56.2 Å². The van der Waals surface area contributed by atoms with Crippen LogP contribution in [0.5, 0.6) is 0 Å². The zero-order valence-electron chi connectivity index (χ0n) is 10.3. The number of hydrogen-bond acceptors (Lipinski definition) is 3. The van der Waals surface area contributed by atoms with Gasteiger partial charge in [0.2, 0.25) is 0 Å². The monoisotopic (exact) mass is 374 g/mol. The maximum atomic E-state index is 11.1. The molecule has 0 aliphatic carbocycles. The highest BCUT2D eigenvalue weighted by Gasteiger charge is 2.19. The van der Waals surface area contributed by atoms with Crippen molar-refractivity contribution in [1.29, 1.82) is 0 Å². The predicted octanol–water partition coefficient (Wildman–Crippen LogP) is 5.72. The van der Waals surface area contributed by atoms with Gasteiger partial charge in [-0.1, -0.05) is 29.3 Å². The number of nitro groups is 1. The second kappa shape index (κ2) is 5.99. The van der Waals surface area contributed by atoms with Crippen LogP contribution >= 0.6 is 39.1 Å². The lowest BCUT2D eigenvalue weighted by molar-refractivity contribution is -0.383. The van der Waals surface area contributed by atoms with Crippen molar-refractivity contribution in [3.63, 3.8) is 0 Å². The Morgan fingerprint density at radius 2 is 1.90 bits per heavy atom. The summed E-state index contributed by atoms with van der Waals surface area (Å²) in [7, 11) is 0. The molecule has 0 saturated heterocycles. The molecule has 7 heteroatoms. The Morgan fingerprint density at radius 1 is 1.20 bits per heavy atom. The maximum absolute atomic E-state index is 11.1. The van der Waals surface area contributed by atoms with E-state index in [1.807, 2.05) is 13.0 Å². The Bertz CT molecular complexity index is 692. The van der Waals surface area contributed by atoms with Crippen molar-refractivity contribution in [2.75, 3.05) is 5.32 Å². The Labute approximate surface area is 134 Å². The van der Waals surface area contributed by atoms with Crippen molar-refractivity contribution in [3.8, 4) is 0 Å². The lowest BCUT2D eigenvalue weighted by atomic mass is 10.2. The van der Waals surface area contributed by atoms with Gasteiger partial charge >= 0.3 is 5.69 Å². The number of para-hydroxylation sites is 1. The average Bonchev–Trinajstić information content (AvgIpc) is 2.35. The molecule has 4 nitrogen and oxygen atoms in total. The minimum Gasteiger partial charge on any atom is -0.349 e. The van der Waals surface area contributed by atoms with Crippen LogP contribution in [0.4, 0.5) is 17.1 Å². The van der Waals surface area contributed by atoms with Crippen LogP contribution in [-0.2, 0) is 0 Å². The summed E-state index contributed by atoms with van der Waals surface area (Å²) < 4.78 is 0.758. The van der Waals surface area contributed by atoms with Gasteiger partial charge in [-0.05, 0) is 52.7 Å². The second-order valence-electron chi connectivity index (χ2n) is 4.10. The number of rotatable bonds is 3. The van der Waals surface area contributed by atoms with Gasteiger partial charge in [-0.25, -0.2) is 0 Å². The quantitative estimate of drug-likeness (QED) is 0.551. The first kappa shape index (κ1) is 15.1. The van der Waals surface area contributed by atoms with Gasteiger partial charge in [0.1, 0.15) is 10.7 Å². The summed E-state index contributed by atoms with van der Waals surface area (Å²) in [5.41, 5.74) is 1.68. The molecule has 0 heterocycles. The number of nitrogens with zero attached hydrogens (tertiary/aromatic N) is 1. The van der Waals surface area contributed by atoms with Crippen molar-refractivity contribution in [2.45, 2.75) is 6.92 Å². The Morgan fingerprint density at radius 3 is 2.55 bits per heavy atom. The second-order valence-corrected chi connectivity index (χ2v) is 5.77. The smallest absolute Gasteiger partial charge is 0.311 e. The molecule has 0 spiro atoms. The van der Waals surface area contributed by atoms with Crippen LogP contribution in [0.1, 0.15) is 5.56 Å². The average molecular weight is 376 g/mol. The fourth-order valence-electron chi connectivity index (χ4n) is 1.69. The molecule has 0 bridgehead atoms. The van der Waals surface area contributed by atoms with E-state index in [-0.39, 0.29) is 10.7 Å². The number of hydrogen-bond donors (Lipinski definition) is 1. The highest BCUT2D eigenvalue weighted by atomic mass is 79.9. The normalized spacial score (nSPS) is 10.4. The first-order chi connectivity index (χ1) is 9.40. The third kappa shape index (κ3) is 3.06. The molecule has 2 aromatic rings. The van der Waals surface area contributed by atoms with Crippen LogP contribution in [0.25, 0.3) is 0 Å². The molecular weight excluding hydrogens is 367 g/mol. The van der Waals surface area contributed by atoms with E-state index in [1.165, 1.54) is 6.07 Å². The van der Waals surface area contributed by atoms with E-state index < -0.39 is 4.92 Å². The van der Waals surface area contributed by atoms with Crippen molar-refractivity contribution in [3.05, 3.63) is 60.5 Å². The summed E-state index contributed by atoms with van der Waals surface area (Å²) in [6.07, 6.45) is 0. The third-order valence-electron chi connectivity index (χ3n) is 2.69. The molecule has 1 N–H and O–H groups in total. The van der Waals surface area contributed by atoms with E-state index in [0.717, 1.165) is 10.0 Å². The molecule has 2 rings (SSSR count). The fraction of sp³-hybridized carbons (Fsp3) is 0.0769. The van der Waals surface area contributed by atoms with Gasteiger partial charge in [0.15, 0.2) is 0 Å². The van der Waals surface area contributed by atoms with Gasteiger partial charge in [-0.2, -0.15) is 0 Å². The lowest BCUT2D eigenvalue weighted by Gasteiger charge is -2.11. The molecule has 20 heavy (non-hydrogen) atoms. The van der Waals surface area contributed by atoms with Crippen LogP contribution in [-0.4, -0.2) is 4.92 Å². The lowest BCUT2D eigenvalue weighted by Crippen LogP contribution is -1.98. The van der Waals surface area contributed by atoms with E-state index in [2.05, 4.69) is 21.2 Å². The number of nitrogens with one attached hydrogen (secondary N) is 1. The van der Waals surface area contributed by atoms with E-state index in [9.17, 15) is 10.1 Å². The van der Waals surface area contributed by atoms with Crippen LogP contribution in [0, 0.1) is 17.0 Å². The number of aryl methyl sites for hydroxylation is 1. The summed E-state index contributed by atoms with van der Waals surface area (Å²) in [6.45, 7) is 1.87. The Hall–Kier alpha value is -1.30.